The van der Waals surface area contributed by atoms with E-state index in [9.17, 15) is 25.3 Å². The largest absolute Gasteiger partial charge is 0.539 e. The molecule has 0 unspecified atom stereocenters. The fourth-order valence-corrected chi connectivity index (χ4v) is 2.20. The van der Waals surface area contributed by atoms with Gasteiger partial charge in [-0.25, -0.2) is 0 Å². The molecule has 1 aromatic heterocycles. The first-order valence-corrected chi connectivity index (χ1v) is 6.56. The van der Waals surface area contributed by atoms with Crippen LogP contribution in [0.15, 0.2) is 53.1 Å². The van der Waals surface area contributed by atoms with Gasteiger partial charge in [-0.15, -0.1) is 0 Å². The lowest BCUT2D eigenvalue weighted by Crippen LogP contribution is -2.35. The fraction of sp³-hybridized carbons (Fsp3) is 0. The average Bonchev–Trinajstić information content (AvgIpc) is 2.96. The average molecular weight is 328 g/mol. The minimum absolute atomic E-state index is 0.0208. The summed E-state index contributed by atoms with van der Waals surface area (Å²) in [5.74, 6) is -0.783. The summed E-state index contributed by atoms with van der Waals surface area (Å²) in [6.07, 6.45) is 0. The summed E-state index contributed by atoms with van der Waals surface area (Å²) >= 11 is 0. The molecule has 0 bridgehead atoms. The molecule has 10 heteroatoms. The number of non-ortho nitro benzene ring substituents is 1. The number of hydrogen-bond acceptors (Lipinski definition) is 7. The summed E-state index contributed by atoms with van der Waals surface area (Å²) in [5.41, 5.74) is -0.711. The van der Waals surface area contributed by atoms with Gasteiger partial charge in [0.05, 0.1) is 20.7 Å². The summed E-state index contributed by atoms with van der Waals surface area (Å²) in [5, 5.41) is 37.5. The lowest BCUT2D eigenvalue weighted by Gasteiger charge is -1.99. The first kappa shape index (κ1) is 15.1. The van der Waals surface area contributed by atoms with Crippen molar-refractivity contribution in [3.8, 4) is 22.9 Å². The molecule has 0 aliphatic rings. The van der Waals surface area contributed by atoms with Crippen LogP contribution in [-0.2, 0) is 0 Å². The van der Waals surface area contributed by atoms with E-state index in [2.05, 4.69) is 9.79 Å². The Bertz CT molecular complexity index is 938. The van der Waals surface area contributed by atoms with Crippen molar-refractivity contribution in [2.45, 2.75) is 0 Å². The normalized spacial score (nSPS) is 10.5. The van der Waals surface area contributed by atoms with Crippen LogP contribution >= 0.6 is 0 Å². The molecule has 10 nitrogen and oxygen atoms in total. The second-order valence-electron chi connectivity index (χ2n) is 4.67. The first-order chi connectivity index (χ1) is 11.5. The van der Waals surface area contributed by atoms with Gasteiger partial charge >= 0.3 is 11.4 Å². The SMILES string of the molecule is O=[N+]([O-])c1ccc(-[n+]2noc([O-])c2-c2ccccc2)c([N+](=O)[O-])c1. The maximum absolute atomic E-state index is 11.9. The predicted octanol–water partition coefficient (Wildman–Crippen LogP) is 1.51. The van der Waals surface area contributed by atoms with Crippen molar-refractivity contribution in [2.24, 2.45) is 0 Å². The van der Waals surface area contributed by atoms with Crippen LogP contribution in [0.25, 0.3) is 16.9 Å². The fourth-order valence-electron chi connectivity index (χ4n) is 2.20. The highest BCUT2D eigenvalue weighted by Gasteiger charge is 2.32. The molecule has 3 rings (SSSR count). The number of rotatable bonds is 4. The first-order valence-electron chi connectivity index (χ1n) is 6.56. The van der Waals surface area contributed by atoms with Gasteiger partial charge < -0.3 is 9.63 Å². The number of nitro benzene ring substituents is 2. The van der Waals surface area contributed by atoms with Gasteiger partial charge in [0.25, 0.3) is 11.4 Å². The van der Waals surface area contributed by atoms with Crippen LogP contribution in [0.5, 0.6) is 5.95 Å². The third-order valence-corrected chi connectivity index (χ3v) is 3.25. The van der Waals surface area contributed by atoms with Crippen LogP contribution in [0.3, 0.4) is 0 Å². The maximum Gasteiger partial charge on any atom is 0.349 e. The molecular formula is C14H8N4O6. The number of nitrogens with zero attached hydrogens (tertiary/aromatic N) is 4. The molecule has 0 spiro atoms. The summed E-state index contributed by atoms with van der Waals surface area (Å²) in [7, 11) is 0. The van der Waals surface area contributed by atoms with Crippen LogP contribution < -0.4 is 9.79 Å². The number of nitro groups is 2. The molecule has 0 saturated heterocycles. The number of benzene rings is 2. The molecule has 3 aromatic rings. The Kier molecular flexibility index (Phi) is 3.62. The zero-order chi connectivity index (χ0) is 17.3. The van der Waals surface area contributed by atoms with Crippen LogP contribution in [0, 0.1) is 20.2 Å². The molecule has 0 radical (unpaired) electrons. The third-order valence-electron chi connectivity index (χ3n) is 3.25. The Labute approximate surface area is 133 Å². The van der Waals surface area contributed by atoms with E-state index in [1.54, 1.807) is 30.3 Å². The molecule has 0 fully saturated rings. The molecule has 1 heterocycles. The van der Waals surface area contributed by atoms with Gasteiger partial charge in [-0.05, 0) is 16.8 Å². The van der Waals surface area contributed by atoms with Gasteiger partial charge in [0, 0.05) is 12.1 Å². The van der Waals surface area contributed by atoms with Crippen LogP contribution in [0.1, 0.15) is 0 Å². The Balaban J connectivity index is 2.24. The van der Waals surface area contributed by atoms with Gasteiger partial charge in [-0.3, -0.25) is 20.2 Å². The third kappa shape index (κ3) is 2.52. The topological polar surface area (TPSA) is 139 Å². The summed E-state index contributed by atoms with van der Waals surface area (Å²) < 4.78 is 5.58. The molecule has 0 N–H and O–H groups in total. The molecule has 0 saturated carbocycles. The molecule has 0 atom stereocenters. The highest BCUT2D eigenvalue weighted by atomic mass is 16.6. The highest BCUT2D eigenvalue weighted by Crippen LogP contribution is 2.29. The van der Waals surface area contributed by atoms with Crippen molar-refractivity contribution in [3.05, 3.63) is 68.8 Å². The summed E-state index contributed by atoms with van der Waals surface area (Å²) in [6.45, 7) is 0. The van der Waals surface area contributed by atoms with E-state index < -0.39 is 27.2 Å². The van der Waals surface area contributed by atoms with Crippen molar-refractivity contribution in [1.82, 2.24) is 5.27 Å². The maximum atomic E-state index is 11.9. The van der Waals surface area contributed by atoms with Gasteiger partial charge in [0.1, 0.15) is 6.07 Å². The second-order valence-corrected chi connectivity index (χ2v) is 4.67. The lowest BCUT2D eigenvalue weighted by atomic mass is 10.1. The van der Waals surface area contributed by atoms with Crippen LogP contribution in [0.2, 0.25) is 0 Å². The molecule has 0 amide bonds. The monoisotopic (exact) mass is 328 g/mol. The Morgan fingerprint density at radius 2 is 1.71 bits per heavy atom. The van der Waals surface area contributed by atoms with Crippen molar-refractivity contribution < 1.29 is 24.2 Å². The van der Waals surface area contributed by atoms with E-state index in [4.69, 9.17) is 0 Å². The quantitative estimate of drug-likeness (QED) is 0.401. The van der Waals surface area contributed by atoms with E-state index in [1.165, 1.54) is 0 Å². The van der Waals surface area contributed by atoms with E-state index in [-0.39, 0.29) is 11.4 Å². The Morgan fingerprint density at radius 3 is 2.33 bits per heavy atom. The zero-order valence-corrected chi connectivity index (χ0v) is 11.9. The van der Waals surface area contributed by atoms with Crippen molar-refractivity contribution in [3.63, 3.8) is 0 Å². The van der Waals surface area contributed by atoms with Crippen LogP contribution in [-0.4, -0.2) is 15.1 Å². The van der Waals surface area contributed by atoms with E-state index in [1.807, 2.05) is 0 Å². The van der Waals surface area contributed by atoms with Gasteiger partial charge in [-0.1, -0.05) is 18.2 Å². The summed E-state index contributed by atoms with van der Waals surface area (Å²) in [4.78, 5) is 20.5. The minimum atomic E-state index is -0.788. The van der Waals surface area contributed by atoms with Crippen molar-refractivity contribution in [1.29, 1.82) is 0 Å². The van der Waals surface area contributed by atoms with Gasteiger partial charge in [0.15, 0.2) is 5.95 Å². The Hall–Kier alpha value is -3.82. The molecule has 0 aliphatic carbocycles. The standard InChI is InChI=1S/C14H8N4O6/c19-14-13(9-4-2-1-3-5-9)16(15-24-14)11-7-6-10(17(20)21)8-12(11)18(22)23/h1-8H. The zero-order valence-electron chi connectivity index (χ0n) is 11.9. The van der Waals surface area contributed by atoms with Crippen molar-refractivity contribution >= 4 is 11.4 Å². The van der Waals surface area contributed by atoms with E-state index in [0.29, 0.717) is 5.56 Å². The highest BCUT2D eigenvalue weighted by molar-refractivity contribution is 5.61. The predicted molar refractivity (Wildman–Crippen MR) is 76.2 cm³/mol. The summed E-state index contributed by atoms with van der Waals surface area (Å²) in [6, 6.07) is 11.3. The van der Waals surface area contributed by atoms with E-state index >= 15 is 0 Å². The van der Waals surface area contributed by atoms with Crippen molar-refractivity contribution in [2.75, 3.05) is 0 Å². The second kappa shape index (κ2) is 5.76. The molecule has 120 valence electrons. The van der Waals surface area contributed by atoms with Crippen LogP contribution in [0.4, 0.5) is 11.4 Å². The number of aromatic nitrogens is 2. The number of hydrogen-bond donors (Lipinski definition) is 0. The molecule has 0 aliphatic heterocycles. The molecule has 2 aromatic carbocycles. The lowest BCUT2D eigenvalue weighted by molar-refractivity contribution is -0.663. The molecular weight excluding hydrogens is 320 g/mol. The Morgan fingerprint density at radius 1 is 1.00 bits per heavy atom. The van der Waals surface area contributed by atoms with E-state index in [0.717, 1.165) is 22.9 Å². The minimum Gasteiger partial charge on any atom is -0.539 e. The van der Waals surface area contributed by atoms with Gasteiger partial charge in [0.2, 0.25) is 0 Å². The smallest absolute Gasteiger partial charge is 0.349 e. The molecule has 24 heavy (non-hydrogen) atoms. The van der Waals surface area contributed by atoms with Gasteiger partial charge in [-0.2, -0.15) is 0 Å².